The van der Waals surface area contributed by atoms with Crippen molar-refractivity contribution in [1.82, 2.24) is 0 Å². The molecule has 17 heavy (non-hydrogen) atoms. The van der Waals surface area contributed by atoms with Gasteiger partial charge in [0, 0.05) is 6.07 Å². The Labute approximate surface area is 90.8 Å². The number of alkyl halides is 3. The molecule has 0 N–H and O–H groups in total. The number of pyridine rings is 1. The highest BCUT2D eigenvalue weighted by molar-refractivity contribution is 7.86. The Bertz CT molecular complexity index is 465. The summed E-state index contributed by atoms with van der Waals surface area (Å²) in [4.78, 5) is -0.421. The van der Waals surface area contributed by atoms with Gasteiger partial charge < -0.3 is 4.55 Å². The second-order valence-electron chi connectivity index (χ2n) is 2.36. The highest BCUT2D eigenvalue weighted by Crippen LogP contribution is 2.20. The fourth-order valence-corrected chi connectivity index (χ4v) is 0.439. The Kier molecular flexibility index (Phi) is 4.89. The fraction of sp³-hybridized carbons (Fsp3) is 0.167. The van der Waals surface area contributed by atoms with E-state index in [0.29, 0.717) is 0 Å². The fourth-order valence-electron chi connectivity index (χ4n) is 0.439. The lowest BCUT2D eigenvalue weighted by atomic mass is 10.5. The molecule has 0 saturated heterocycles. The van der Waals surface area contributed by atoms with Crippen LogP contribution in [0.25, 0.3) is 0 Å². The molecule has 0 saturated carbocycles. The second-order valence-corrected chi connectivity index (χ2v) is 3.73. The van der Waals surface area contributed by atoms with Gasteiger partial charge in [-0.2, -0.15) is 17.6 Å². The van der Waals surface area contributed by atoms with Crippen LogP contribution < -0.4 is 4.79 Å². The number of nitrogens with zero attached hydrogens (tertiary/aromatic N) is 1. The topological polar surface area (TPSA) is 61.1 Å². The number of hydrogen-bond donors (Lipinski definition) is 0. The molecule has 1 heterocycles. The molecular weight excluding hydrogens is 280 g/mol. The van der Waals surface area contributed by atoms with E-state index in [2.05, 4.69) is 0 Å². The molecule has 0 bridgehead atoms. The van der Waals surface area contributed by atoms with Crippen molar-refractivity contribution in [2.45, 2.75) is 5.51 Å². The third-order valence-corrected chi connectivity index (χ3v) is 1.69. The average Bonchev–Trinajstić information content (AvgIpc) is 2.12. The molecule has 11 heteroatoms. The Morgan fingerprint density at radius 2 is 1.65 bits per heavy atom. The van der Waals surface area contributed by atoms with Crippen LogP contribution in [0, 0.1) is 11.8 Å². The molecule has 0 spiro atoms. The molecule has 0 aliphatic carbocycles. The van der Waals surface area contributed by atoms with Gasteiger partial charge in [0.2, 0.25) is 12.0 Å². The first-order valence-electron chi connectivity index (χ1n) is 3.51. The van der Waals surface area contributed by atoms with Gasteiger partial charge in [0.1, 0.15) is 0 Å². The van der Waals surface area contributed by atoms with E-state index < -0.39 is 32.2 Å². The number of rotatable bonds is 0. The first kappa shape index (κ1) is 15.6. The number of halogens is 6. The zero-order valence-electron chi connectivity index (χ0n) is 7.58. The van der Waals surface area contributed by atoms with Crippen LogP contribution in [0.4, 0.5) is 26.4 Å². The van der Waals surface area contributed by atoms with Crippen molar-refractivity contribution < 1.29 is 44.2 Å². The van der Waals surface area contributed by atoms with E-state index in [0.717, 1.165) is 18.3 Å². The Hall–Kier alpha value is -1.36. The third-order valence-electron chi connectivity index (χ3n) is 1.13. The lowest BCUT2D eigenvalue weighted by Crippen LogP contribution is -2.27. The van der Waals surface area contributed by atoms with Crippen molar-refractivity contribution in [3.63, 3.8) is 0 Å². The second kappa shape index (κ2) is 5.31. The largest absolute Gasteiger partial charge is 0.741 e. The van der Waals surface area contributed by atoms with Gasteiger partial charge in [0.15, 0.2) is 10.1 Å². The summed E-state index contributed by atoms with van der Waals surface area (Å²) in [5.41, 5.74) is -5.65. The molecule has 0 amide bonds. The monoisotopic (exact) mass is 283 g/mol. The van der Waals surface area contributed by atoms with Crippen molar-refractivity contribution in [2.24, 2.45) is 0 Å². The van der Waals surface area contributed by atoms with Gasteiger partial charge in [-0.1, -0.05) is 0 Å². The highest BCUT2D eigenvalue weighted by atomic mass is 32.2. The minimum atomic E-state index is -6.09. The van der Waals surface area contributed by atoms with Crippen molar-refractivity contribution in [1.29, 1.82) is 0 Å². The smallest absolute Gasteiger partial charge is 0.485 e. The highest BCUT2D eigenvalue weighted by Gasteiger charge is 2.36. The van der Waals surface area contributed by atoms with Gasteiger partial charge in [-0.25, -0.2) is 8.42 Å². The molecule has 0 fully saturated rings. The van der Waals surface area contributed by atoms with Gasteiger partial charge in [0.25, 0.3) is 0 Å². The minimum absolute atomic E-state index is 0.421. The summed E-state index contributed by atoms with van der Waals surface area (Å²) in [6.45, 7) is 0. The molecule has 98 valence electrons. The number of aromatic nitrogens is 1. The average molecular weight is 283 g/mol. The van der Waals surface area contributed by atoms with E-state index in [1.165, 1.54) is 0 Å². The zero-order valence-corrected chi connectivity index (χ0v) is 8.40. The van der Waals surface area contributed by atoms with Crippen LogP contribution in [0.15, 0.2) is 18.3 Å². The van der Waals surface area contributed by atoms with E-state index in [9.17, 15) is 26.4 Å². The van der Waals surface area contributed by atoms with Crippen LogP contribution in [0.1, 0.15) is 0 Å². The summed E-state index contributed by atoms with van der Waals surface area (Å²) in [6.07, 6.45) is 0.776. The Balaban J connectivity index is 0.000000304. The van der Waals surface area contributed by atoms with Crippen molar-refractivity contribution in [3.8, 4) is 0 Å². The summed E-state index contributed by atoms with van der Waals surface area (Å²) >= 11 is 0. The molecule has 0 unspecified atom stereocenters. The third kappa shape index (κ3) is 4.99. The maximum Gasteiger partial charge on any atom is 0.485 e. The van der Waals surface area contributed by atoms with E-state index in [1.54, 1.807) is 0 Å². The first-order chi connectivity index (χ1) is 7.47. The van der Waals surface area contributed by atoms with Crippen LogP contribution >= 0.6 is 0 Å². The summed E-state index contributed by atoms with van der Waals surface area (Å²) < 4.78 is 94.7. The van der Waals surface area contributed by atoms with E-state index >= 15 is 0 Å². The minimum Gasteiger partial charge on any atom is -0.741 e. The van der Waals surface area contributed by atoms with Gasteiger partial charge in [-0.05, 0) is 6.07 Å². The van der Waals surface area contributed by atoms with Crippen LogP contribution in [0.2, 0.25) is 0 Å². The van der Waals surface area contributed by atoms with Crippen molar-refractivity contribution in [3.05, 3.63) is 30.1 Å². The van der Waals surface area contributed by atoms with Gasteiger partial charge in [-0.15, -0.1) is 4.39 Å². The van der Waals surface area contributed by atoms with Crippen molar-refractivity contribution >= 4 is 10.1 Å². The summed E-state index contributed by atoms with van der Waals surface area (Å²) in [5.74, 6) is -2.70. The molecular formula is C6H3F6NO3S. The molecule has 0 aliphatic heterocycles. The van der Waals surface area contributed by atoms with E-state index in [1.807, 2.05) is 0 Å². The van der Waals surface area contributed by atoms with Crippen LogP contribution in [0.5, 0.6) is 0 Å². The van der Waals surface area contributed by atoms with Gasteiger partial charge in [0.05, 0.1) is 9.27 Å². The van der Waals surface area contributed by atoms with Crippen LogP contribution in [-0.2, 0) is 10.1 Å². The molecule has 0 aromatic carbocycles. The summed E-state index contributed by atoms with van der Waals surface area (Å²) in [5, 5.41) is 0. The Morgan fingerprint density at radius 1 is 1.24 bits per heavy atom. The predicted molar refractivity (Wildman–Crippen MR) is 38.8 cm³/mol. The van der Waals surface area contributed by atoms with E-state index in [-0.39, 0.29) is 0 Å². The molecule has 0 atom stereocenters. The van der Waals surface area contributed by atoms with Gasteiger partial charge >= 0.3 is 11.5 Å². The zero-order chi connectivity index (χ0) is 13.9. The Morgan fingerprint density at radius 3 is 1.88 bits per heavy atom. The lowest BCUT2D eigenvalue weighted by Gasteiger charge is -2.08. The maximum atomic E-state index is 11.9. The normalized spacial score (nSPS) is 11.7. The molecule has 4 nitrogen and oxygen atoms in total. The molecule has 1 aromatic rings. The summed E-state index contributed by atoms with van der Waals surface area (Å²) in [6, 6.07) is 1.91. The molecule has 0 aliphatic rings. The maximum absolute atomic E-state index is 11.9. The number of hydrogen-bond acceptors (Lipinski definition) is 3. The van der Waals surface area contributed by atoms with Crippen LogP contribution in [-0.4, -0.2) is 18.5 Å². The van der Waals surface area contributed by atoms with E-state index in [4.69, 9.17) is 13.0 Å². The first-order valence-corrected chi connectivity index (χ1v) is 4.91. The molecule has 1 aromatic heterocycles. The van der Waals surface area contributed by atoms with Crippen molar-refractivity contribution in [2.75, 3.05) is 0 Å². The molecule has 1 rings (SSSR count). The summed E-state index contributed by atoms with van der Waals surface area (Å²) in [7, 11) is -6.09. The lowest BCUT2D eigenvalue weighted by molar-refractivity contribution is -0.866. The van der Waals surface area contributed by atoms with Gasteiger partial charge in [-0.3, -0.25) is 0 Å². The molecule has 0 radical (unpaired) electrons. The van der Waals surface area contributed by atoms with Crippen LogP contribution in [0.3, 0.4) is 0 Å². The SMILES string of the molecule is Fc1ccc[n+](F)c1F.O=S(=O)([O-])C(F)(F)F. The standard InChI is InChI=1S/C5H3F3N.CHF3O3S/c6-4-2-1-3-9(8)5(4)7;2-1(3,4)8(5,6)7/h1-3H;(H,5,6,7)/q+1;/p-1. The predicted octanol–water partition coefficient (Wildman–Crippen LogP) is 1.04. The quantitative estimate of drug-likeness (QED) is 0.309.